The number of amides is 2. The summed E-state index contributed by atoms with van der Waals surface area (Å²) in [5, 5.41) is 12.1. The predicted molar refractivity (Wildman–Crippen MR) is 135 cm³/mol. The molecule has 0 aliphatic carbocycles. The van der Waals surface area contributed by atoms with Crippen molar-refractivity contribution in [2.24, 2.45) is 10.9 Å². The molecule has 12 heteroatoms. The Balaban J connectivity index is 1.43. The van der Waals surface area contributed by atoms with E-state index in [4.69, 9.17) is 5.73 Å². The summed E-state index contributed by atoms with van der Waals surface area (Å²) in [5.74, 6) is -0.440. The van der Waals surface area contributed by atoms with Crippen LogP contribution in [-0.4, -0.2) is 55.5 Å². The van der Waals surface area contributed by atoms with Gasteiger partial charge in [-0.1, -0.05) is 59.8 Å². The van der Waals surface area contributed by atoms with Crippen LogP contribution in [0.25, 0.3) is 0 Å². The number of hydrogen-bond acceptors (Lipinski definition) is 7. The van der Waals surface area contributed by atoms with Gasteiger partial charge in [-0.25, -0.2) is 13.6 Å². The molecule has 3 rings (SSSR count). The maximum Gasteiger partial charge on any atom is 0.535 e. The fraction of sp³-hybridized carbons (Fsp3) is 0.385. The average Bonchev–Trinajstić information content (AvgIpc) is 2.94. The lowest BCUT2D eigenvalue weighted by atomic mass is 9.86. The molecular weight excluding hydrogens is 500 g/mol. The van der Waals surface area contributed by atoms with Gasteiger partial charge in [0.1, 0.15) is 6.04 Å². The molecule has 204 valence electrons. The van der Waals surface area contributed by atoms with Gasteiger partial charge in [-0.05, 0) is 43.4 Å². The van der Waals surface area contributed by atoms with Crippen LogP contribution in [0.2, 0.25) is 0 Å². The second-order valence-electron chi connectivity index (χ2n) is 8.80. The third kappa shape index (κ3) is 8.80. The summed E-state index contributed by atoms with van der Waals surface area (Å²) < 4.78 is 28.1. The molecule has 0 saturated carbocycles. The number of alkyl halides is 2. The van der Waals surface area contributed by atoms with E-state index in [-0.39, 0.29) is 36.2 Å². The highest BCUT2D eigenvalue weighted by Gasteiger charge is 2.29. The third-order valence-corrected chi connectivity index (χ3v) is 6.01. The number of halogens is 2. The molecule has 1 aliphatic heterocycles. The Morgan fingerprint density at radius 1 is 1.13 bits per heavy atom. The summed E-state index contributed by atoms with van der Waals surface area (Å²) in [7, 11) is 0. The van der Waals surface area contributed by atoms with Crippen LogP contribution in [0.15, 0.2) is 59.8 Å². The zero-order valence-electron chi connectivity index (χ0n) is 20.9. The van der Waals surface area contributed by atoms with Gasteiger partial charge in [0.15, 0.2) is 12.4 Å². The maximum absolute atomic E-state index is 12.8. The van der Waals surface area contributed by atoms with Crippen LogP contribution in [0.4, 0.5) is 13.6 Å². The number of oxime groups is 1. The molecule has 0 aromatic heterocycles. The molecule has 0 spiro atoms. The number of nitrogens with zero attached hydrogens (tertiary/aromatic N) is 1. The van der Waals surface area contributed by atoms with Crippen LogP contribution >= 0.6 is 0 Å². The van der Waals surface area contributed by atoms with Gasteiger partial charge >= 0.3 is 6.16 Å². The Morgan fingerprint density at radius 2 is 1.84 bits per heavy atom. The molecule has 5 N–H and O–H groups in total. The first kappa shape index (κ1) is 28.5. The van der Waals surface area contributed by atoms with E-state index in [0.717, 1.165) is 18.5 Å². The van der Waals surface area contributed by atoms with E-state index in [1.54, 1.807) is 31.2 Å². The molecule has 1 aliphatic rings. The summed E-state index contributed by atoms with van der Waals surface area (Å²) in [6, 6.07) is 15.5. The lowest BCUT2D eigenvalue weighted by Crippen LogP contribution is -2.53. The van der Waals surface area contributed by atoms with Crippen LogP contribution in [-0.2, 0) is 25.7 Å². The van der Waals surface area contributed by atoms with Gasteiger partial charge in [-0.3, -0.25) is 14.4 Å². The van der Waals surface area contributed by atoms with E-state index < -0.39 is 25.2 Å². The van der Waals surface area contributed by atoms with Crippen molar-refractivity contribution in [3.63, 3.8) is 0 Å². The van der Waals surface area contributed by atoms with Crippen molar-refractivity contribution in [2.75, 3.05) is 13.2 Å². The molecule has 1 heterocycles. The lowest BCUT2D eigenvalue weighted by Gasteiger charge is -2.30. The van der Waals surface area contributed by atoms with Gasteiger partial charge in [0, 0.05) is 12.1 Å². The van der Waals surface area contributed by atoms with Crippen LogP contribution in [0, 0.1) is 0 Å². The van der Waals surface area contributed by atoms with Crippen molar-refractivity contribution >= 4 is 23.8 Å². The first-order valence-corrected chi connectivity index (χ1v) is 12.1. The molecular formula is C26H31F2N5O5. The number of amidine groups is 1. The largest absolute Gasteiger partial charge is 0.535 e. The quantitative estimate of drug-likeness (QED) is 0.121. The van der Waals surface area contributed by atoms with Crippen LogP contribution in [0.3, 0.4) is 0 Å². The van der Waals surface area contributed by atoms with Gasteiger partial charge < -0.3 is 26.4 Å². The monoisotopic (exact) mass is 531 g/mol. The number of nitrogens with two attached hydrogens (primary N) is 1. The molecule has 0 bridgehead atoms. The Bertz CT molecular complexity index is 1110. The summed E-state index contributed by atoms with van der Waals surface area (Å²) in [4.78, 5) is 40.8. The van der Waals surface area contributed by atoms with Crippen molar-refractivity contribution in [3.8, 4) is 0 Å². The minimum Gasteiger partial charge on any atom is -0.427 e. The standard InChI is InChI=1S/C26H31F2N5O5/c1-16(32-25(35)21-13-20(11-12-30-21)18-5-3-2-4-6-18)24(34)31-14-17-7-9-19(10-8-17)23(29)33-38-26(36)37-15-22(27)28/h2-10,16,20-22,30H,11-15H2,1H3,(H2,29,33)(H,31,34)(H,32,35)/t16-,20-,21+/m0/s1. The van der Waals surface area contributed by atoms with Crippen molar-refractivity contribution < 1.29 is 32.7 Å². The molecule has 3 atom stereocenters. The Kier molecular flexibility index (Phi) is 10.5. The maximum atomic E-state index is 12.8. The van der Waals surface area contributed by atoms with Gasteiger partial charge in [0.05, 0.1) is 6.04 Å². The highest BCUT2D eigenvalue weighted by molar-refractivity contribution is 5.97. The summed E-state index contributed by atoms with van der Waals surface area (Å²) >= 11 is 0. The van der Waals surface area contributed by atoms with E-state index in [1.165, 1.54) is 5.56 Å². The van der Waals surface area contributed by atoms with E-state index in [9.17, 15) is 23.2 Å². The molecule has 2 amide bonds. The van der Waals surface area contributed by atoms with Gasteiger partial charge in [0.25, 0.3) is 6.43 Å². The van der Waals surface area contributed by atoms with Crippen LogP contribution in [0.1, 0.15) is 42.4 Å². The first-order valence-electron chi connectivity index (χ1n) is 12.1. The fourth-order valence-electron chi connectivity index (χ4n) is 3.96. The molecule has 0 unspecified atom stereocenters. The van der Waals surface area contributed by atoms with Gasteiger partial charge in [-0.15, -0.1) is 0 Å². The Morgan fingerprint density at radius 3 is 2.53 bits per heavy atom. The zero-order chi connectivity index (χ0) is 27.5. The highest BCUT2D eigenvalue weighted by Crippen LogP contribution is 2.27. The van der Waals surface area contributed by atoms with Crippen molar-refractivity contribution in [1.82, 2.24) is 16.0 Å². The van der Waals surface area contributed by atoms with Crippen molar-refractivity contribution in [3.05, 3.63) is 71.3 Å². The second-order valence-corrected chi connectivity index (χ2v) is 8.80. The van der Waals surface area contributed by atoms with Crippen LogP contribution in [0.5, 0.6) is 0 Å². The summed E-state index contributed by atoms with van der Waals surface area (Å²) in [5.41, 5.74) is 8.06. The second kappa shape index (κ2) is 14.0. The number of piperidine rings is 1. The zero-order valence-corrected chi connectivity index (χ0v) is 20.9. The van der Waals surface area contributed by atoms with Crippen LogP contribution < -0.4 is 21.7 Å². The minimum absolute atomic E-state index is 0.170. The summed E-state index contributed by atoms with van der Waals surface area (Å²) in [6.07, 6.45) is -2.62. The number of carbonyl (C=O) groups is 3. The lowest BCUT2D eigenvalue weighted by molar-refractivity contribution is -0.130. The number of ether oxygens (including phenoxy) is 1. The molecule has 2 aromatic rings. The van der Waals surface area contributed by atoms with Gasteiger partial charge in [-0.2, -0.15) is 0 Å². The number of benzene rings is 2. The fourth-order valence-corrected chi connectivity index (χ4v) is 3.96. The number of nitrogens with one attached hydrogen (secondary N) is 3. The third-order valence-electron chi connectivity index (χ3n) is 6.01. The molecule has 10 nitrogen and oxygen atoms in total. The normalized spacial score (nSPS) is 18.4. The van der Waals surface area contributed by atoms with E-state index >= 15 is 0 Å². The summed E-state index contributed by atoms with van der Waals surface area (Å²) in [6.45, 7) is 1.43. The molecule has 38 heavy (non-hydrogen) atoms. The van der Waals surface area contributed by atoms with E-state index in [1.807, 2.05) is 18.2 Å². The number of hydrogen-bond donors (Lipinski definition) is 4. The Labute approximate surface area is 218 Å². The van der Waals surface area contributed by atoms with Crippen molar-refractivity contribution in [2.45, 2.75) is 50.7 Å². The number of carbonyl (C=O) groups excluding carboxylic acids is 3. The van der Waals surface area contributed by atoms with E-state index in [2.05, 4.69) is 42.8 Å². The highest BCUT2D eigenvalue weighted by atomic mass is 19.3. The van der Waals surface area contributed by atoms with E-state index in [0.29, 0.717) is 12.0 Å². The van der Waals surface area contributed by atoms with Crippen molar-refractivity contribution in [1.29, 1.82) is 0 Å². The number of rotatable bonds is 10. The molecule has 2 aromatic carbocycles. The topological polar surface area (TPSA) is 144 Å². The SMILES string of the molecule is C[C@H](NC(=O)[C@H]1C[C@@H](c2ccccc2)CCN1)C(=O)NCc1ccc(/C(N)=N/OC(=O)OCC(F)F)cc1. The first-order chi connectivity index (χ1) is 18.2. The predicted octanol–water partition coefficient (Wildman–Crippen LogP) is 2.38. The smallest absolute Gasteiger partial charge is 0.427 e. The molecule has 0 radical (unpaired) electrons. The average molecular weight is 532 g/mol. The minimum atomic E-state index is -2.82. The van der Waals surface area contributed by atoms with Gasteiger partial charge in [0.2, 0.25) is 11.8 Å². The molecule has 1 saturated heterocycles. The Hall–Kier alpha value is -4.06. The molecule has 1 fully saturated rings.